The third-order valence-corrected chi connectivity index (χ3v) is 10.3. The Morgan fingerprint density at radius 3 is 2.58 bits per heavy atom. The van der Waals surface area contributed by atoms with Crippen LogP contribution in [0.2, 0.25) is 5.02 Å². The van der Waals surface area contributed by atoms with Gasteiger partial charge in [0.25, 0.3) is 5.91 Å². The molecule has 0 spiro atoms. The SMILES string of the molecule is CCn1cc(C(=O)O)c(=O)c2cc(F)c(N3CCN(CN4C(=O)C(=Nc5ccn(C6CSC(CO)O6)c(=O)n5)c5cc(Cl)ccc54)CC3)cc21. The van der Waals surface area contributed by atoms with Crippen molar-refractivity contribution in [3.05, 3.63) is 91.5 Å². The fourth-order valence-electron chi connectivity index (χ4n) is 6.40. The number of halogens is 2. The molecule has 3 aliphatic heterocycles. The van der Waals surface area contributed by atoms with Crippen LogP contribution in [0.15, 0.2) is 63.4 Å². The Kier molecular flexibility index (Phi) is 9.21. The lowest BCUT2D eigenvalue weighted by Crippen LogP contribution is -2.51. The molecule has 3 aliphatic rings. The van der Waals surface area contributed by atoms with Gasteiger partial charge in [0.2, 0.25) is 5.43 Å². The van der Waals surface area contributed by atoms with Gasteiger partial charge >= 0.3 is 11.7 Å². The molecule has 2 saturated heterocycles. The number of carboxylic acid groups (broad SMARTS) is 1. The highest BCUT2D eigenvalue weighted by Crippen LogP contribution is 2.34. The van der Waals surface area contributed by atoms with Crippen molar-refractivity contribution >= 4 is 69.0 Å². The van der Waals surface area contributed by atoms with Gasteiger partial charge in [0, 0.05) is 66.8 Å². The van der Waals surface area contributed by atoms with E-state index in [2.05, 4.69) is 14.9 Å². The number of pyridine rings is 1. The summed E-state index contributed by atoms with van der Waals surface area (Å²) >= 11 is 7.71. The molecular weight excluding hydrogens is 693 g/mol. The monoisotopic (exact) mass is 723 g/mol. The van der Waals surface area contributed by atoms with Gasteiger partial charge in [-0.2, -0.15) is 4.98 Å². The number of aromatic nitrogens is 3. The molecule has 0 aliphatic carbocycles. The molecule has 4 aromatic rings. The number of aliphatic hydroxyl groups is 1. The average molecular weight is 724 g/mol. The number of carbonyl (C=O) groups excluding carboxylic acids is 1. The van der Waals surface area contributed by atoms with Crippen LogP contribution in [0, 0.1) is 5.82 Å². The number of hydrogen-bond acceptors (Lipinski definition) is 11. The van der Waals surface area contributed by atoms with E-state index in [1.807, 2.05) is 11.8 Å². The molecule has 2 N–H and O–H groups in total. The van der Waals surface area contributed by atoms with E-state index in [0.717, 1.165) is 6.07 Å². The molecule has 2 atom stereocenters. The number of aryl methyl sites for hydroxylation is 1. The first kappa shape index (κ1) is 33.9. The van der Waals surface area contributed by atoms with Crippen LogP contribution in [0.25, 0.3) is 10.9 Å². The molecule has 1 amide bonds. The number of amides is 1. The van der Waals surface area contributed by atoms with Gasteiger partial charge < -0.3 is 24.4 Å². The molecule has 50 heavy (non-hydrogen) atoms. The highest BCUT2D eigenvalue weighted by Gasteiger charge is 2.36. The normalized spacial score (nSPS) is 20.3. The van der Waals surface area contributed by atoms with Crippen molar-refractivity contribution in [3.63, 3.8) is 0 Å². The zero-order valence-electron chi connectivity index (χ0n) is 26.7. The van der Waals surface area contributed by atoms with Crippen LogP contribution in [-0.2, 0) is 16.1 Å². The Morgan fingerprint density at radius 1 is 1.12 bits per heavy atom. The fourth-order valence-corrected chi connectivity index (χ4v) is 7.51. The molecule has 0 radical (unpaired) electrons. The maximum Gasteiger partial charge on any atom is 0.351 e. The number of aliphatic imine (C=N–C) groups is 1. The van der Waals surface area contributed by atoms with E-state index < -0.39 is 46.0 Å². The van der Waals surface area contributed by atoms with E-state index in [0.29, 0.717) is 66.0 Å². The number of anilines is 2. The van der Waals surface area contributed by atoms with Crippen molar-refractivity contribution in [2.24, 2.45) is 4.99 Å². The number of piperazine rings is 1. The third-order valence-electron chi connectivity index (χ3n) is 8.96. The third kappa shape index (κ3) is 6.17. The van der Waals surface area contributed by atoms with Crippen LogP contribution >= 0.6 is 23.4 Å². The lowest BCUT2D eigenvalue weighted by Gasteiger charge is -2.38. The van der Waals surface area contributed by atoms with Crippen molar-refractivity contribution in [1.29, 1.82) is 0 Å². The predicted molar refractivity (Wildman–Crippen MR) is 187 cm³/mol. The Hall–Kier alpha value is -4.61. The minimum Gasteiger partial charge on any atom is -0.477 e. The number of aromatic carboxylic acids is 1. The number of carbonyl (C=O) groups is 2. The smallest absolute Gasteiger partial charge is 0.351 e. The number of thioether (sulfide) groups is 1. The van der Waals surface area contributed by atoms with E-state index in [1.165, 1.54) is 34.8 Å². The average Bonchev–Trinajstić information content (AvgIpc) is 3.68. The number of rotatable bonds is 8. The second kappa shape index (κ2) is 13.6. The van der Waals surface area contributed by atoms with Crippen LogP contribution in [0.1, 0.15) is 29.1 Å². The number of aliphatic hydroxyl groups excluding tert-OH is 1. The van der Waals surface area contributed by atoms with Gasteiger partial charge in [-0.1, -0.05) is 11.6 Å². The molecule has 0 saturated carbocycles. The number of hydrogen-bond donors (Lipinski definition) is 2. The summed E-state index contributed by atoms with van der Waals surface area (Å²) < 4.78 is 24.0. The van der Waals surface area contributed by atoms with E-state index in [1.54, 1.807) is 33.7 Å². The number of carboxylic acids is 1. The largest absolute Gasteiger partial charge is 0.477 e. The highest BCUT2D eigenvalue weighted by molar-refractivity contribution is 8.00. The summed E-state index contributed by atoms with van der Waals surface area (Å²) in [5, 5.41) is 19.2. The Morgan fingerprint density at radius 2 is 1.90 bits per heavy atom. The molecule has 2 aromatic carbocycles. The molecule has 14 nitrogen and oxygen atoms in total. The summed E-state index contributed by atoms with van der Waals surface area (Å²) in [4.78, 5) is 65.1. The summed E-state index contributed by atoms with van der Waals surface area (Å²) in [5.41, 5.74) is -0.244. The molecule has 5 heterocycles. The van der Waals surface area contributed by atoms with Gasteiger partial charge in [-0.15, -0.1) is 11.8 Å². The van der Waals surface area contributed by atoms with Crippen molar-refractivity contribution < 1.29 is 28.9 Å². The van der Waals surface area contributed by atoms with Crippen molar-refractivity contribution in [3.8, 4) is 0 Å². The van der Waals surface area contributed by atoms with Gasteiger partial charge in [0.15, 0.2) is 5.82 Å². The lowest BCUT2D eigenvalue weighted by molar-refractivity contribution is -0.112. The van der Waals surface area contributed by atoms with Crippen LogP contribution in [0.3, 0.4) is 0 Å². The zero-order chi connectivity index (χ0) is 35.3. The number of ether oxygens (including phenoxy) is 1. The van der Waals surface area contributed by atoms with E-state index in [-0.39, 0.29) is 30.2 Å². The second-order valence-electron chi connectivity index (χ2n) is 11.9. The fraction of sp³-hybridized carbons (Fsp3) is 0.333. The van der Waals surface area contributed by atoms with E-state index in [9.17, 15) is 29.4 Å². The van der Waals surface area contributed by atoms with Crippen LogP contribution in [0.5, 0.6) is 0 Å². The molecule has 260 valence electrons. The first-order valence-corrected chi connectivity index (χ1v) is 17.2. The first-order valence-electron chi connectivity index (χ1n) is 15.8. The second-order valence-corrected chi connectivity index (χ2v) is 13.5. The van der Waals surface area contributed by atoms with Gasteiger partial charge in [-0.05, 0) is 43.3 Å². The summed E-state index contributed by atoms with van der Waals surface area (Å²) in [7, 11) is 0. The van der Waals surface area contributed by atoms with Crippen molar-refractivity contribution in [2.75, 3.05) is 55.0 Å². The summed E-state index contributed by atoms with van der Waals surface area (Å²) in [6.07, 6.45) is 2.21. The quantitative estimate of drug-likeness (QED) is 0.275. The van der Waals surface area contributed by atoms with Crippen LogP contribution in [0.4, 0.5) is 21.6 Å². The first-order chi connectivity index (χ1) is 24.1. The Labute approximate surface area is 293 Å². The molecule has 0 bridgehead atoms. The predicted octanol–water partition coefficient (Wildman–Crippen LogP) is 2.90. The maximum atomic E-state index is 15.4. The minimum atomic E-state index is -1.37. The van der Waals surface area contributed by atoms with E-state index >= 15 is 4.39 Å². The molecule has 7 rings (SSSR count). The van der Waals surface area contributed by atoms with Crippen LogP contribution < -0.4 is 20.9 Å². The Bertz CT molecular complexity index is 2190. The number of fused-ring (bicyclic) bond motifs is 2. The van der Waals surface area contributed by atoms with Gasteiger partial charge in [0.1, 0.15) is 28.8 Å². The molecule has 17 heteroatoms. The summed E-state index contributed by atoms with van der Waals surface area (Å²) in [5.74, 6) is -1.86. The molecule has 2 unspecified atom stereocenters. The zero-order valence-corrected chi connectivity index (χ0v) is 28.2. The van der Waals surface area contributed by atoms with Crippen LogP contribution in [-0.4, -0.2) is 97.5 Å². The minimum absolute atomic E-state index is 0.00455. The maximum absolute atomic E-state index is 15.4. The molecular formula is C33H31ClFN7O7S. The van der Waals surface area contributed by atoms with Gasteiger partial charge in [-0.3, -0.25) is 24.0 Å². The van der Waals surface area contributed by atoms with Gasteiger partial charge in [0.05, 0.1) is 30.2 Å². The van der Waals surface area contributed by atoms with Crippen molar-refractivity contribution in [1.82, 2.24) is 19.0 Å². The lowest BCUT2D eigenvalue weighted by atomic mass is 10.1. The van der Waals surface area contributed by atoms with Gasteiger partial charge in [-0.25, -0.2) is 19.0 Å². The molecule has 2 fully saturated rings. The standard InChI is InChI=1S/C33H31ClFN7O7S/c1-2-39-14-21(32(46)47)30(44)20-12-22(35)25(13-24(20)39)40-9-7-38(8-10-40)17-42-23-4-3-18(34)11-19(23)29(31(42)45)36-26-5-6-41(33(48)37-26)27-16-50-28(15-43)49-27/h3-6,11-14,27-28,43H,2,7-10,15-17H2,1H3,(H,46,47). The molecule has 2 aromatic heterocycles. The number of benzene rings is 2. The number of nitrogens with zero attached hydrogens (tertiary/aromatic N) is 7. The summed E-state index contributed by atoms with van der Waals surface area (Å²) in [6.45, 7) is 4.04. The highest BCUT2D eigenvalue weighted by atomic mass is 35.5. The topological polar surface area (TPSA) is 163 Å². The van der Waals surface area contributed by atoms with E-state index in [4.69, 9.17) is 16.3 Å². The van der Waals surface area contributed by atoms with Crippen molar-refractivity contribution in [2.45, 2.75) is 25.1 Å². The Balaban J connectivity index is 1.09. The summed E-state index contributed by atoms with van der Waals surface area (Å²) in [6, 6.07) is 9.27.